The van der Waals surface area contributed by atoms with Crippen molar-refractivity contribution in [2.24, 2.45) is 5.92 Å². The van der Waals surface area contributed by atoms with Crippen LogP contribution in [0.25, 0.3) is 0 Å². The van der Waals surface area contributed by atoms with Gasteiger partial charge in [-0.3, -0.25) is 4.79 Å². The van der Waals surface area contributed by atoms with Crippen molar-refractivity contribution in [3.8, 4) is 16.7 Å². The molecule has 1 aliphatic rings. The third-order valence-electron chi connectivity index (χ3n) is 5.74. The minimum Gasteiger partial charge on any atom is -0.485 e. The molecule has 3 atom stereocenters. The van der Waals surface area contributed by atoms with Gasteiger partial charge in [-0.25, -0.2) is 9.78 Å². The Balaban J connectivity index is 1.40. The minimum absolute atomic E-state index is 0.0228. The molecule has 2 heterocycles. The second-order valence-electron chi connectivity index (χ2n) is 8.91. The predicted molar refractivity (Wildman–Crippen MR) is 131 cm³/mol. The minimum atomic E-state index is -1.69. The van der Waals surface area contributed by atoms with Crippen LogP contribution in [0.15, 0.2) is 54.7 Å². The summed E-state index contributed by atoms with van der Waals surface area (Å²) in [6.07, 6.45) is 1.74. The second kappa shape index (κ2) is 10.9. The standard InChI is InChI=1S/C26H28N2O6S/c1-15(2)12-19(23(29)25(31)32)28-24(30)22-14-27-26(35-22)33-18-9-11-21-17(13-18)8-10-20(34-21)16-6-4-3-5-7-16/h3-7,9,11,13-15,19-20,23,29H,8,10,12H2,1-2H3,(H,28,30)(H,31,32)/t19-,20?,23+/m0/s1. The summed E-state index contributed by atoms with van der Waals surface area (Å²) < 4.78 is 12.0. The number of rotatable bonds is 9. The number of carboxylic acid groups (broad SMARTS) is 1. The molecule has 0 fully saturated rings. The van der Waals surface area contributed by atoms with Crippen molar-refractivity contribution >= 4 is 23.2 Å². The van der Waals surface area contributed by atoms with Crippen molar-refractivity contribution in [3.05, 3.63) is 70.7 Å². The number of aryl methyl sites for hydroxylation is 1. The van der Waals surface area contributed by atoms with E-state index in [4.69, 9.17) is 14.6 Å². The maximum absolute atomic E-state index is 12.7. The number of benzene rings is 2. The number of aliphatic hydroxyl groups is 1. The van der Waals surface area contributed by atoms with Gasteiger partial charge in [0.15, 0.2) is 6.10 Å². The Hall–Kier alpha value is -3.43. The number of nitrogens with one attached hydrogen (secondary N) is 1. The molecule has 0 radical (unpaired) electrons. The molecule has 184 valence electrons. The van der Waals surface area contributed by atoms with Gasteiger partial charge in [0.05, 0.1) is 12.2 Å². The van der Waals surface area contributed by atoms with Crippen LogP contribution in [0.3, 0.4) is 0 Å². The van der Waals surface area contributed by atoms with Crippen LogP contribution in [0.5, 0.6) is 16.7 Å². The van der Waals surface area contributed by atoms with Crippen LogP contribution in [0.4, 0.5) is 0 Å². The summed E-state index contributed by atoms with van der Waals surface area (Å²) in [5.41, 5.74) is 2.20. The molecular weight excluding hydrogens is 468 g/mol. The zero-order chi connectivity index (χ0) is 24.9. The molecule has 35 heavy (non-hydrogen) atoms. The number of nitrogens with zero attached hydrogens (tertiary/aromatic N) is 1. The molecule has 0 bridgehead atoms. The molecule has 0 saturated heterocycles. The smallest absolute Gasteiger partial charge is 0.334 e. The van der Waals surface area contributed by atoms with Crippen molar-refractivity contribution in [2.75, 3.05) is 0 Å². The molecule has 3 aromatic rings. The van der Waals surface area contributed by atoms with Crippen molar-refractivity contribution in [1.29, 1.82) is 0 Å². The first-order valence-corrected chi connectivity index (χ1v) is 12.3. The fourth-order valence-corrected chi connectivity index (χ4v) is 4.72. The lowest BCUT2D eigenvalue weighted by molar-refractivity contribution is -0.148. The monoisotopic (exact) mass is 496 g/mol. The molecule has 0 aliphatic carbocycles. The number of carbonyl (C=O) groups is 2. The zero-order valence-corrected chi connectivity index (χ0v) is 20.3. The Kier molecular flexibility index (Phi) is 7.67. The fraction of sp³-hybridized carbons (Fsp3) is 0.346. The number of ether oxygens (including phenoxy) is 2. The number of fused-ring (bicyclic) bond motifs is 1. The highest BCUT2D eigenvalue weighted by molar-refractivity contribution is 7.15. The van der Waals surface area contributed by atoms with Gasteiger partial charge < -0.3 is 25.0 Å². The molecule has 1 unspecified atom stereocenters. The summed E-state index contributed by atoms with van der Waals surface area (Å²) in [6, 6.07) is 14.8. The average molecular weight is 497 g/mol. The molecular formula is C26H28N2O6S. The first-order valence-electron chi connectivity index (χ1n) is 11.5. The van der Waals surface area contributed by atoms with E-state index in [-0.39, 0.29) is 22.1 Å². The summed E-state index contributed by atoms with van der Waals surface area (Å²) in [7, 11) is 0. The van der Waals surface area contributed by atoms with E-state index < -0.39 is 24.0 Å². The van der Waals surface area contributed by atoms with Gasteiger partial charge in [-0.15, -0.1) is 0 Å². The lowest BCUT2D eigenvalue weighted by atomic mass is 9.97. The van der Waals surface area contributed by atoms with Crippen LogP contribution >= 0.6 is 11.3 Å². The normalized spacial score (nSPS) is 16.6. The molecule has 3 N–H and O–H groups in total. The molecule has 1 aromatic heterocycles. The molecule has 1 aliphatic heterocycles. The third kappa shape index (κ3) is 6.17. The number of thiazole rings is 1. The van der Waals surface area contributed by atoms with Gasteiger partial charge in [0, 0.05) is 0 Å². The fourth-order valence-electron chi connectivity index (χ4n) is 4.03. The number of aromatic nitrogens is 1. The molecule has 8 nitrogen and oxygen atoms in total. The average Bonchev–Trinajstić information content (AvgIpc) is 3.31. The lowest BCUT2D eigenvalue weighted by Gasteiger charge is -2.26. The van der Waals surface area contributed by atoms with Crippen molar-refractivity contribution < 1.29 is 29.3 Å². The van der Waals surface area contributed by atoms with Gasteiger partial charge in [-0.1, -0.05) is 55.5 Å². The molecule has 1 amide bonds. The lowest BCUT2D eigenvalue weighted by Crippen LogP contribution is -2.47. The Labute approximate surface area is 207 Å². The van der Waals surface area contributed by atoms with Crippen molar-refractivity contribution in [2.45, 2.75) is 51.4 Å². The van der Waals surface area contributed by atoms with Gasteiger partial charge >= 0.3 is 5.97 Å². The molecule has 4 rings (SSSR count). The Bertz CT molecular complexity index is 1180. The second-order valence-corrected chi connectivity index (χ2v) is 9.90. The number of carboxylic acids is 1. The first-order chi connectivity index (χ1) is 16.8. The summed E-state index contributed by atoms with van der Waals surface area (Å²) >= 11 is 1.05. The summed E-state index contributed by atoms with van der Waals surface area (Å²) in [5.74, 6) is -0.383. The van der Waals surface area contributed by atoms with E-state index in [0.29, 0.717) is 12.2 Å². The van der Waals surface area contributed by atoms with Crippen LogP contribution in [0.2, 0.25) is 0 Å². The third-order valence-corrected chi connectivity index (χ3v) is 6.61. The quantitative estimate of drug-likeness (QED) is 0.396. The Morgan fingerprint density at radius 3 is 2.71 bits per heavy atom. The number of aliphatic carboxylic acids is 1. The number of carbonyl (C=O) groups excluding carboxylic acids is 1. The van der Waals surface area contributed by atoms with Crippen LogP contribution in [-0.4, -0.2) is 39.2 Å². The van der Waals surface area contributed by atoms with Gasteiger partial charge in [-0.05, 0) is 54.5 Å². The molecule has 9 heteroatoms. The van der Waals surface area contributed by atoms with E-state index in [0.717, 1.165) is 41.1 Å². The molecule has 0 saturated carbocycles. The van der Waals surface area contributed by atoms with Crippen molar-refractivity contribution in [3.63, 3.8) is 0 Å². The van der Waals surface area contributed by atoms with E-state index >= 15 is 0 Å². The Morgan fingerprint density at radius 2 is 2.00 bits per heavy atom. The van der Waals surface area contributed by atoms with E-state index in [1.165, 1.54) is 6.20 Å². The van der Waals surface area contributed by atoms with Crippen LogP contribution in [0.1, 0.15) is 53.6 Å². The van der Waals surface area contributed by atoms with Gasteiger partial charge in [0.25, 0.3) is 11.1 Å². The van der Waals surface area contributed by atoms with Crippen LogP contribution in [0, 0.1) is 5.92 Å². The highest BCUT2D eigenvalue weighted by Gasteiger charge is 2.29. The van der Waals surface area contributed by atoms with E-state index in [2.05, 4.69) is 22.4 Å². The Morgan fingerprint density at radius 1 is 1.23 bits per heavy atom. The maximum Gasteiger partial charge on any atom is 0.334 e. The molecule has 0 spiro atoms. The number of aliphatic hydroxyl groups excluding tert-OH is 1. The first kappa shape index (κ1) is 24.7. The number of hydrogen-bond acceptors (Lipinski definition) is 7. The van der Waals surface area contributed by atoms with Crippen molar-refractivity contribution in [1.82, 2.24) is 10.3 Å². The SMILES string of the molecule is CC(C)C[C@H](NC(=O)c1cnc(Oc2ccc3c(c2)CCC(c2ccccc2)O3)s1)[C@@H](O)C(=O)O. The largest absolute Gasteiger partial charge is 0.485 e. The zero-order valence-electron chi connectivity index (χ0n) is 19.5. The van der Waals surface area contributed by atoms with Gasteiger partial charge in [0.1, 0.15) is 22.5 Å². The van der Waals surface area contributed by atoms with E-state index in [1.807, 2.05) is 44.2 Å². The summed E-state index contributed by atoms with van der Waals surface area (Å²) in [5, 5.41) is 22.0. The highest BCUT2D eigenvalue weighted by Crippen LogP contribution is 2.38. The number of amides is 1. The molecule has 2 aromatic carbocycles. The van der Waals surface area contributed by atoms with E-state index in [1.54, 1.807) is 6.07 Å². The van der Waals surface area contributed by atoms with Gasteiger partial charge in [-0.2, -0.15) is 0 Å². The topological polar surface area (TPSA) is 118 Å². The summed E-state index contributed by atoms with van der Waals surface area (Å²) in [4.78, 5) is 28.3. The van der Waals surface area contributed by atoms with Crippen LogP contribution < -0.4 is 14.8 Å². The predicted octanol–water partition coefficient (Wildman–Crippen LogP) is 4.59. The maximum atomic E-state index is 12.7. The van der Waals surface area contributed by atoms with Crippen LogP contribution in [-0.2, 0) is 11.2 Å². The highest BCUT2D eigenvalue weighted by atomic mass is 32.1. The summed E-state index contributed by atoms with van der Waals surface area (Å²) in [6.45, 7) is 3.77. The van der Waals surface area contributed by atoms with Gasteiger partial charge in [0.2, 0.25) is 0 Å². The van der Waals surface area contributed by atoms with E-state index in [9.17, 15) is 14.7 Å². The number of hydrogen-bond donors (Lipinski definition) is 3.